The fraction of sp³-hybridized carbons (Fsp3) is 0.0943. The van der Waals surface area contributed by atoms with Crippen molar-refractivity contribution in [3.05, 3.63) is 193 Å². The molecule has 0 atom stereocenters. The fourth-order valence-corrected chi connectivity index (χ4v) is 9.58. The number of hydrogen-bond donors (Lipinski definition) is 0. The molecule has 4 heteroatoms. The summed E-state index contributed by atoms with van der Waals surface area (Å²) < 4.78 is 0. The van der Waals surface area contributed by atoms with Gasteiger partial charge in [-0.15, -0.1) is 0 Å². The third kappa shape index (κ3) is 6.03. The molecule has 0 unspecified atom stereocenters. The van der Waals surface area contributed by atoms with E-state index < -0.39 is 0 Å². The van der Waals surface area contributed by atoms with Crippen LogP contribution in [0.1, 0.15) is 31.9 Å². The van der Waals surface area contributed by atoms with Crippen molar-refractivity contribution in [1.29, 1.82) is 0 Å². The smallest absolute Gasteiger partial charge is 0.252 e. The molecule has 2 nitrogen and oxygen atoms in total. The number of rotatable bonds is 5. The third-order valence-electron chi connectivity index (χ3n) is 11.9. The van der Waals surface area contributed by atoms with Crippen LogP contribution in [0.25, 0.3) is 33.4 Å². The van der Waals surface area contributed by atoms with Crippen LogP contribution in [-0.4, -0.2) is 17.0 Å². The summed E-state index contributed by atoms with van der Waals surface area (Å²) in [5.41, 5.74) is 21.3. The van der Waals surface area contributed by atoms with Gasteiger partial charge in [0.25, 0.3) is 6.71 Å². The highest BCUT2D eigenvalue weighted by molar-refractivity contribution is 7.00. The van der Waals surface area contributed by atoms with Crippen LogP contribution in [0.2, 0.25) is 0 Å². The molecule has 0 N–H and O–H groups in total. The number of aryl methyl sites for hydroxylation is 1. The predicted molar refractivity (Wildman–Crippen MR) is 250 cm³/mol. The van der Waals surface area contributed by atoms with Crippen molar-refractivity contribution in [3.63, 3.8) is 0 Å². The van der Waals surface area contributed by atoms with E-state index in [1.807, 2.05) is 0 Å². The van der Waals surface area contributed by atoms with Crippen molar-refractivity contribution >= 4 is 72.7 Å². The topological polar surface area (TPSA) is 6.48 Å². The van der Waals surface area contributed by atoms with Gasteiger partial charge in [-0.3, -0.25) is 0 Å². The van der Waals surface area contributed by atoms with Crippen molar-refractivity contribution in [3.8, 4) is 33.4 Å². The van der Waals surface area contributed by atoms with Crippen molar-refractivity contribution in [2.24, 2.45) is 0 Å². The summed E-state index contributed by atoms with van der Waals surface area (Å²) in [5, 5.41) is 1.40. The Balaban J connectivity index is 1.28. The van der Waals surface area contributed by atoms with Crippen molar-refractivity contribution in [2.75, 3.05) is 9.80 Å². The van der Waals surface area contributed by atoms with E-state index in [1.54, 1.807) is 0 Å². The molecule has 0 spiro atoms. The van der Waals surface area contributed by atoms with Gasteiger partial charge in [-0.25, -0.2) is 0 Å². The number of hydrogen-bond acceptors (Lipinski definition) is 2. The highest BCUT2D eigenvalue weighted by atomic mass is 28.1. The largest absolute Gasteiger partial charge is 0.311 e. The minimum Gasteiger partial charge on any atom is -0.311 e. The maximum atomic E-state index is 2.58. The van der Waals surface area contributed by atoms with Gasteiger partial charge in [0, 0.05) is 44.2 Å². The molecule has 274 valence electrons. The Morgan fingerprint density at radius 3 is 1.70 bits per heavy atom. The predicted octanol–water partition coefficient (Wildman–Crippen LogP) is 10.4. The lowest BCUT2D eigenvalue weighted by molar-refractivity contribution is 0.590. The molecule has 0 saturated heterocycles. The second-order valence-corrected chi connectivity index (χ2v) is 17.9. The standard InChI is InChI=1S/C53H45BN2Si/c1-35-29-50-52-51(30-35)56(47-27-24-41(53(2,3)4)33-44(47)38-19-12-7-13-20-38)48-28-25-43(57)34-46(48)54(52)45-26-23-40(37-17-10-6-11-18-37)32-49(45)55(50)42-22-14-21-39(31-42)36-15-8-5-9-16-36/h5-34H,1-4,57H3. The highest BCUT2D eigenvalue weighted by Gasteiger charge is 2.44. The van der Waals surface area contributed by atoms with Gasteiger partial charge >= 0.3 is 0 Å². The van der Waals surface area contributed by atoms with Crippen LogP contribution in [0.15, 0.2) is 182 Å². The number of nitrogens with zero attached hydrogens (tertiary/aromatic N) is 2. The van der Waals surface area contributed by atoms with Crippen LogP contribution in [0.4, 0.5) is 34.1 Å². The zero-order valence-electron chi connectivity index (χ0n) is 33.3. The molecule has 10 rings (SSSR count). The van der Waals surface area contributed by atoms with Crippen LogP contribution >= 0.6 is 0 Å². The van der Waals surface area contributed by atoms with Crippen LogP contribution < -0.4 is 31.4 Å². The monoisotopic (exact) mass is 748 g/mol. The summed E-state index contributed by atoms with van der Waals surface area (Å²) in [4.78, 5) is 5.13. The van der Waals surface area contributed by atoms with E-state index in [0.717, 1.165) is 15.9 Å². The lowest BCUT2D eigenvalue weighted by Crippen LogP contribution is -2.61. The SMILES string of the molecule is Cc1cc2c3c(c1)N(c1ccc(C(C)(C)C)cc1-c1ccccc1)c1ccc([SiH3])cc1B3c1ccc(-c3ccccc3)cc1N2c1cccc(-c2ccccc2)c1. The van der Waals surface area contributed by atoms with E-state index in [-0.39, 0.29) is 12.1 Å². The Morgan fingerprint density at radius 1 is 0.439 bits per heavy atom. The average molecular weight is 749 g/mol. The Morgan fingerprint density at radius 2 is 1.04 bits per heavy atom. The van der Waals surface area contributed by atoms with Gasteiger partial charge in [-0.05, 0) is 116 Å². The second kappa shape index (κ2) is 13.7. The molecule has 2 aliphatic heterocycles. The van der Waals surface area contributed by atoms with Gasteiger partial charge in [-0.1, -0.05) is 159 Å². The second-order valence-electron chi connectivity index (χ2n) is 16.8. The number of fused-ring (bicyclic) bond motifs is 4. The molecule has 57 heavy (non-hydrogen) atoms. The van der Waals surface area contributed by atoms with E-state index in [1.165, 1.54) is 94.5 Å². The summed E-state index contributed by atoms with van der Waals surface area (Å²) in [5.74, 6) is 0. The molecular formula is C53H45BN2Si. The minimum absolute atomic E-state index is 0.00824. The van der Waals surface area contributed by atoms with Gasteiger partial charge in [0.05, 0.1) is 5.69 Å². The summed E-state index contributed by atoms with van der Waals surface area (Å²) in [6.07, 6.45) is 0. The van der Waals surface area contributed by atoms with Crippen LogP contribution in [-0.2, 0) is 5.41 Å². The Hall–Kier alpha value is -6.36. The van der Waals surface area contributed by atoms with E-state index in [0.29, 0.717) is 0 Å². The Kier molecular flexibility index (Phi) is 8.42. The van der Waals surface area contributed by atoms with Crippen LogP contribution in [0.3, 0.4) is 0 Å². The number of benzene rings is 8. The summed E-state index contributed by atoms with van der Waals surface area (Å²) >= 11 is 0. The molecule has 0 saturated carbocycles. The molecule has 0 amide bonds. The molecule has 0 bridgehead atoms. The van der Waals surface area contributed by atoms with Gasteiger partial charge in [0.2, 0.25) is 0 Å². The maximum Gasteiger partial charge on any atom is 0.252 e. The maximum absolute atomic E-state index is 2.58. The first-order chi connectivity index (χ1) is 27.7. The molecule has 0 fully saturated rings. The van der Waals surface area contributed by atoms with E-state index in [2.05, 4.69) is 219 Å². The summed E-state index contributed by atoms with van der Waals surface area (Å²) in [6, 6.07) is 68.0. The molecule has 0 radical (unpaired) electrons. The lowest BCUT2D eigenvalue weighted by atomic mass is 9.33. The highest BCUT2D eigenvalue weighted by Crippen LogP contribution is 2.48. The average Bonchev–Trinajstić information content (AvgIpc) is 3.24. The van der Waals surface area contributed by atoms with Crippen LogP contribution in [0, 0.1) is 6.92 Å². The van der Waals surface area contributed by atoms with Crippen molar-refractivity contribution in [1.82, 2.24) is 0 Å². The van der Waals surface area contributed by atoms with Crippen molar-refractivity contribution < 1.29 is 0 Å². The normalized spacial score (nSPS) is 12.9. The Labute approximate surface area is 340 Å². The fourth-order valence-electron chi connectivity index (χ4n) is 9.10. The zero-order valence-corrected chi connectivity index (χ0v) is 35.3. The zero-order chi connectivity index (χ0) is 38.8. The van der Waals surface area contributed by atoms with E-state index in [9.17, 15) is 0 Å². The Bertz CT molecular complexity index is 2810. The molecule has 0 aromatic heterocycles. The molecule has 2 aliphatic rings. The lowest BCUT2D eigenvalue weighted by Gasteiger charge is -2.45. The molecule has 8 aromatic rings. The molecule has 2 heterocycles. The number of anilines is 6. The van der Waals surface area contributed by atoms with Crippen LogP contribution in [0.5, 0.6) is 0 Å². The van der Waals surface area contributed by atoms with Gasteiger partial charge in [-0.2, -0.15) is 0 Å². The quantitative estimate of drug-likeness (QED) is 0.162. The first kappa shape index (κ1) is 35.1. The molecular weight excluding hydrogens is 703 g/mol. The first-order valence-electron chi connectivity index (χ1n) is 20.1. The molecule has 8 aromatic carbocycles. The van der Waals surface area contributed by atoms with E-state index in [4.69, 9.17) is 0 Å². The van der Waals surface area contributed by atoms with E-state index >= 15 is 0 Å². The minimum atomic E-state index is 0.00824. The summed E-state index contributed by atoms with van der Waals surface area (Å²) in [7, 11) is 0.973. The van der Waals surface area contributed by atoms with Gasteiger partial charge < -0.3 is 9.80 Å². The molecule has 0 aliphatic carbocycles. The van der Waals surface area contributed by atoms with Gasteiger partial charge in [0.1, 0.15) is 0 Å². The summed E-state index contributed by atoms with van der Waals surface area (Å²) in [6.45, 7) is 9.25. The first-order valence-corrected chi connectivity index (χ1v) is 21.1. The van der Waals surface area contributed by atoms with Gasteiger partial charge in [0.15, 0.2) is 0 Å². The third-order valence-corrected chi connectivity index (χ3v) is 12.5. The van der Waals surface area contributed by atoms with Crippen molar-refractivity contribution in [2.45, 2.75) is 33.1 Å².